The van der Waals surface area contributed by atoms with Gasteiger partial charge in [-0.2, -0.15) is 0 Å². The van der Waals surface area contributed by atoms with Gasteiger partial charge in [0.05, 0.1) is 16.2 Å². The molecule has 160 valence electrons. The number of aryl methyl sites for hydroxylation is 1. The fourth-order valence-corrected chi connectivity index (χ4v) is 4.35. The number of fused-ring (bicyclic) bond motifs is 3. The summed E-state index contributed by atoms with van der Waals surface area (Å²) in [7, 11) is -1.78. The van der Waals surface area contributed by atoms with Gasteiger partial charge < -0.3 is 9.88 Å². The highest BCUT2D eigenvalue weighted by atomic mass is 32.2. The zero-order valence-electron chi connectivity index (χ0n) is 16.6. The molecule has 0 bridgehead atoms. The molecule has 0 radical (unpaired) electrons. The Bertz CT molecular complexity index is 1370. The van der Waals surface area contributed by atoms with Gasteiger partial charge in [0, 0.05) is 19.0 Å². The molecule has 0 fully saturated rings. The zero-order valence-corrected chi connectivity index (χ0v) is 18.3. The Kier molecular flexibility index (Phi) is 5.90. The maximum atomic E-state index is 12.2. The van der Waals surface area contributed by atoms with E-state index >= 15 is 0 Å². The van der Waals surface area contributed by atoms with Crippen molar-refractivity contribution in [1.29, 1.82) is 0 Å². The van der Waals surface area contributed by atoms with Gasteiger partial charge in [-0.1, -0.05) is 42.1 Å². The molecule has 0 unspecified atom stereocenters. The summed E-state index contributed by atoms with van der Waals surface area (Å²) in [5, 5.41) is 17.8. The normalized spacial score (nSPS) is 11.8. The number of benzene rings is 2. The second-order valence-electron chi connectivity index (χ2n) is 6.92. The Morgan fingerprint density at radius 3 is 2.61 bits per heavy atom. The fraction of sp³-hybridized carbons (Fsp3) is 0.200. The van der Waals surface area contributed by atoms with Crippen LogP contribution in [0.3, 0.4) is 0 Å². The number of rotatable bonds is 7. The minimum absolute atomic E-state index is 0.0633. The Morgan fingerprint density at radius 2 is 1.87 bits per heavy atom. The number of carbonyl (C=O) groups is 1. The van der Waals surface area contributed by atoms with Crippen LogP contribution in [-0.2, 0) is 28.3 Å². The van der Waals surface area contributed by atoms with E-state index in [1.807, 2.05) is 35.9 Å². The second-order valence-corrected chi connectivity index (χ2v) is 9.42. The summed E-state index contributed by atoms with van der Waals surface area (Å²) in [6, 6.07) is 14.2. The van der Waals surface area contributed by atoms with E-state index in [4.69, 9.17) is 5.14 Å². The predicted octanol–water partition coefficient (Wildman–Crippen LogP) is 1.61. The van der Waals surface area contributed by atoms with Crippen molar-refractivity contribution < 1.29 is 13.2 Å². The number of aromatic nitrogens is 4. The predicted molar refractivity (Wildman–Crippen MR) is 119 cm³/mol. The number of amides is 1. The average molecular weight is 457 g/mol. The summed E-state index contributed by atoms with van der Waals surface area (Å²) in [4.78, 5) is 16.8. The molecule has 31 heavy (non-hydrogen) atoms. The Labute approximate surface area is 183 Å². The van der Waals surface area contributed by atoms with Crippen molar-refractivity contribution in [3.05, 3.63) is 54.1 Å². The van der Waals surface area contributed by atoms with Crippen molar-refractivity contribution in [1.82, 2.24) is 25.1 Å². The number of hydrogen-bond acceptors (Lipinski definition) is 7. The maximum Gasteiger partial charge on any atom is 0.238 e. The number of hydrogen-bond donors (Lipinski definition) is 2. The molecule has 1 amide bonds. The minimum Gasteiger partial charge on any atom is -0.355 e. The number of nitrogens with zero attached hydrogens (tertiary/aromatic N) is 4. The summed E-state index contributed by atoms with van der Waals surface area (Å²) in [6.45, 7) is 0.426. The number of para-hydroxylation sites is 1. The van der Waals surface area contributed by atoms with Gasteiger partial charge in [0.15, 0.2) is 5.65 Å². The molecular formula is C20H20N6O3S2. The topological polar surface area (TPSA) is 133 Å². The van der Waals surface area contributed by atoms with E-state index in [-0.39, 0.29) is 16.6 Å². The van der Waals surface area contributed by atoms with Gasteiger partial charge in [-0.15, -0.1) is 10.2 Å². The molecule has 3 N–H and O–H groups in total. The van der Waals surface area contributed by atoms with Crippen LogP contribution >= 0.6 is 11.8 Å². The van der Waals surface area contributed by atoms with Crippen LogP contribution in [0.25, 0.3) is 22.1 Å². The smallest absolute Gasteiger partial charge is 0.238 e. The van der Waals surface area contributed by atoms with Gasteiger partial charge in [0.2, 0.25) is 21.1 Å². The van der Waals surface area contributed by atoms with Crippen molar-refractivity contribution >= 4 is 49.8 Å². The van der Waals surface area contributed by atoms with Gasteiger partial charge in [0.1, 0.15) is 5.52 Å². The van der Waals surface area contributed by atoms with Crippen molar-refractivity contribution in [3.63, 3.8) is 0 Å². The quantitative estimate of drug-likeness (QED) is 0.404. The van der Waals surface area contributed by atoms with Crippen LogP contribution < -0.4 is 10.5 Å². The molecule has 0 spiro atoms. The minimum atomic E-state index is -3.70. The van der Waals surface area contributed by atoms with Gasteiger partial charge >= 0.3 is 0 Å². The number of nitrogens with two attached hydrogens (primary N) is 1. The lowest BCUT2D eigenvalue weighted by Crippen LogP contribution is -2.27. The van der Waals surface area contributed by atoms with Gasteiger partial charge in [0.25, 0.3) is 0 Å². The lowest BCUT2D eigenvalue weighted by atomic mass is 10.1. The summed E-state index contributed by atoms with van der Waals surface area (Å²) >= 11 is 1.22. The average Bonchev–Trinajstić information content (AvgIpc) is 3.04. The number of sulfonamides is 1. The van der Waals surface area contributed by atoms with Crippen LogP contribution in [-0.4, -0.2) is 46.4 Å². The lowest BCUT2D eigenvalue weighted by Gasteiger charge is -2.06. The van der Waals surface area contributed by atoms with Crippen LogP contribution in [0.4, 0.5) is 0 Å². The van der Waals surface area contributed by atoms with E-state index < -0.39 is 10.0 Å². The van der Waals surface area contributed by atoms with Crippen molar-refractivity contribution in [2.45, 2.75) is 16.5 Å². The molecule has 0 atom stereocenters. The molecule has 2 heterocycles. The Hall–Kier alpha value is -3.02. The third kappa shape index (κ3) is 4.68. The van der Waals surface area contributed by atoms with Crippen molar-refractivity contribution in [2.24, 2.45) is 12.2 Å². The summed E-state index contributed by atoms with van der Waals surface area (Å²) in [5.74, 6) is 0.0217. The molecule has 9 nitrogen and oxygen atoms in total. The summed E-state index contributed by atoms with van der Waals surface area (Å²) in [5.41, 5.74) is 3.38. The van der Waals surface area contributed by atoms with Gasteiger partial charge in [-0.05, 0) is 30.2 Å². The SMILES string of the molecule is Cn1c2ccccc2c2nnc(SCC(=O)NCCc3ccc(S(N)(=O)=O)cc3)nc21. The number of thioether (sulfide) groups is 1. The van der Waals surface area contributed by atoms with E-state index in [9.17, 15) is 13.2 Å². The monoisotopic (exact) mass is 456 g/mol. The molecule has 2 aromatic heterocycles. The molecule has 4 rings (SSSR count). The highest BCUT2D eigenvalue weighted by Crippen LogP contribution is 2.25. The molecule has 4 aromatic rings. The summed E-state index contributed by atoms with van der Waals surface area (Å²) in [6.07, 6.45) is 0.571. The first kappa shape index (κ1) is 21.2. The number of carbonyl (C=O) groups excluding carboxylic acids is 1. The van der Waals surface area contributed by atoms with E-state index in [0.29, 0.717) is 18.1 Å². The lowest BCUT2D eigenvalue weighted by molar-refractivity contribution is -0.118. The standard InChI is InChI=1S/C20H20N6O3S2/c1-26-16-5-3-2-4-15(16)18-19(26)23-20(25-24-18)30-12-17(27)22-11-10-13-6-8-14(9-7-13)31(21,28)29/h2-9H,10-12H2,1H3,(H,22,27)(H2,21,28,29). The third-order valence-electron chi connectivity index (χ3n) is 4.81. The molecule has 2 aromatic carbocycles. The molecule has 0 aliphatic rings. The maximum absolute atomic E-state index is 12.2. The van der Waals surface area contributed by atoms with Gasteiger partial charge in [-0.25, -0.2) is 18.5 Å². The van der Waals surface area contributed by atoms with E-state index in [1.54, 1.807) is 12.1 Å². The first-order valence-electron chi connectivity index (χ1n) is 9.42. The Morgan fingerprint density at radius 1 is 1.13 bits per heavy atom. The van der Waals surface area contributed by atoms with Crippen molar-refractivity contribution in [2.75, 3.05) is 12.3 Å². The first-order chi connectivity index (χ1) is 14.8. The second kappa shape index (κ2) is 8.61. The van der Waals surface area contributed by atoms with Crippen LogP contribution in [0.5, 0.6) is 0 Å². The van der Waals surface area contributed by atoms with Crippen LogP contribution in [0, 0.1) is 0 Å². The molecule has 0 aliphatic carbocycles. The first-order valence-corrected chi connectivity index (χ1v) is 12.0. The molecule has 11 heteroatoms. The highest BCUT2D eigenvalue weighted by molar-refractivity contribution is 7.99. The zero-order chi connectivity index (χ0) is 22.0. The fourth-order valence-electron chi connectivity index (χ4n) is 3.23. The van der Waals surface area contributed by atoms with E-state index in [0.717, 1.165) is 27.6 Å². The highest BCUT2D eigenvalue weighted by Gasteiger charge is 2.13. The van der Waals surface area contributed by atoms with Crippen molar-refractivity contribution in [3.8, 4) is 0 Å². The number of nitrogens with one attached hydrogen (secondary N) is 1. The third-order valence-corrected chi connectivity index (χ3v) is 6.57. The van der Waals surface area contributed by atoms with E-state index in [1.165, 1.54) is 23.9 Å². The van der Waals surface area contributed by atoms with Crippen LogP contribution in [0.2, 0.25) is 0 Å². The van der Waals surface area contributed by atoms with Gasteiger partial charge in [-0.3, -0.25) is 4.79 Å². The Balaban J connectivity index is 1.32. The number of primary sulfonamides is 1. The van der Waals surface area contributed by atoms with Crippen LogP contribution in [0.1, 0.15) is 5.56 Å². The molecular weight excluding hydrogens is 436 g/mol. The molecule has 0 saturated carbocycles. The largest absolute Gasteiger partial charge is 0.355 e. The van der Waals surface area contributed by atoms with Crippen LogP contribution in [0.15, 0.2) is 58.6 Å². The summed E-state index contributed by atoms with van der Waals surface area (Å²) < 4.78 is 24.5. The van der Waals surface area contributed by atoms with E-state index in [2.05, 4.69) is 20.5 Å². The molecule has 0 aliphatic heterocycles. The molecule has 0 saturated heterocycles.